The SMILES string of the molecule is CCCCCCCCCCCCCCCCCCCCCC1NCC=[N+]1CCNC(=O)CCCCCCCCCCCCCCCCCCCC. The van der Waals surface area contributed by atoms with Crippen molar-refractivity contribution in [1.82, 2.24) is 10.6 Å². The van der Waals surface area contributed by atoms with Gasteiger partial charge in [-0.3, -0.25) is 4.79 Å². The minimum Gasteiger partial charge on any atom is -0.350 e. The number of nitrogens with zero attached hydrogens (tertiary/aromatic N) is 1. The second kappa shape index (κ2) is 40.3. The van der Waals surface area contributed by atoms with Gasteiger partial charge in [-0.15, -0.1) is 0 Å². The van der Waals surface area contributed by atoms with Gasteiger partial charge in [0.1, 0.15) is 0 Å². The Balaban J connectivity index is 1.80. The van der Waals surface area contributed by atoms with Crippen LogP contribution < -0.4 is 10.6 Å². The topological polar surface area (TPSA) is 44.1 Å². The Morgan fingerprint density at radius 2 is 0.804 bits per heavy atom. The van der Waals surface area contributed by atoms with Crippen LogP contribution in [0.1, 0.15) is 264 Å². The second-order valence-electron chi connectivity index (χ2n) is 16.6. The maximum atomic E-state index is 12.4. The molecule has 0 aromatic rings. The van der Waals surface area contributed by atoms with Crippen LogP contribution in [-0.4, -0.2) is 42.5 Å². The summed E-state index contributed by atoms with van der Waals surface area (Å²) in [6.45, 7) is 7.27. The van der Waals surface area contributed by atoms with Crippen molar-refractivity contribution >= 4 is 12.1 Å². The second-order valence-corrected chi connectivity index (χ2v) is 16.6. The van der Waals surface area contributed by atoms with Crippen molar-refractivity contribution in [2.75, 3.05) is 19.6 Å². The van der Waals surface area contributed by atoms with Crippen molar-refractivity contribution in [3.63, 3.8) is 0 Å². The summed E-state index contributed by atoms with van der Waals surface area (Å²) in [6.07, 6.45) is 56.8. The molecular formula is C47H94N3O+. The van der Waals surface area contributed by atoms with Crippen LogP contribution in [-0.2, 0) is 4.79 Å². The molecule has 302 valence electrons. The number of unbranched alkanes of at least 4 members (excludes halogenated alkanes) is 35. The predicted octanol–water partition coefficient (Wildman–Crippen LogP) is 14.4. The number of carbonyl (C=O) groups excluding carboxylic acids is 1. The number of hydrogen-bond acceptors (Lipinski definition) is 2. The van der Waals surface area contributed by atoms with Gasteiger partial charge in [0.25, 0.3) is 0 Å². The van der Waals surface area contributed by atoms with Gasteiger partial charge < -0.3 is 5.32 Å². The molecular weight excluding hydrogens is 623 g/mol. The minimum atomic E-state index is 0.244. The lowest BCUT2D eigenvalue weighted by Gasteiger charge is -2.12. The highest BCUT2D eigenvalue weighted by Gasteiger charge is 2.24. The molecule has 1 heterocycles. The molecule has 1 aliphatic heterocycles. The molecule has 1 amide bonds. The Hall–Kier alpha value is -0.900. The van der Waals surface area contributed by atoms with Gasteiger partial charge in [-0.2, -0.15) is 0 Å². The van der Waals surface area contributed by atoms with E-state index in [1.807, 2.05) is 0 Å². The van der Waals surface area contributed by atoms with Crippen LogP contribution >= 0.6 is 0 Å². The van der Waals surface area contributed by atoms with Crippen LogP contribution in [0.2, 0.25) is 0 Å². The van der Waals surface area contributed by atoms with Crippen molar-refractivity contribution < 1.29 is 9.37 Å². The molecule has 0 aliphatic carbocycles. The molecule has 0 aromatic carbocycles. The Morgan fingerprint density at radius 3 is 1.16 bits per heavy atom. The van der Waals surface area contributed by atoms with E-state index in [9.17, 15) is 4.79 Å². The molecule has 1 aliphatic rings. The summed E-state index contributed by atoms with van der Waals surface area (Å²) in [5.41, 5.74) is 0. The summed E-state index contributed by atoms with van der Waals surface area (Å²) in [5, 5.41) is 6.84. The average Bonchev–Trinajstić information content (AvgIpc) is 3.59. The lowest BCUT2D eigenvalue weighted by molar-refractivity contribution is -0.558. The molecule has 2 N–H and O–H groups in total. The third-order valence-electron chi connectivity index (χ3n) is 11.6. The molecule has 0 saturated carbocycles. The lowest BCUT2D eigenvalue weighted by atomic mass is 10.0. The standard InChI is InChI=1S/C47H93N3O/c1-3-5-7-9-11-13-15-17-19-21-23-24-26-28-30-32-34-36-38-40-46-48-42-44-50(46)45-43-49-47(51)41-39-37-35-33-31-29-27-25-22-20-18-16-14-12-10-8-6-4-2/h44,46,48H,3-43,45H2,1-2H3/p+1. The van der Waals surface area contributed by atoms with Crippen LogP contribution in [0.3, 0.4) is 0 Å². The van der Waals surface area contributed by atoms with E-state index in [1.165, 1.54) is 238 Å². The van der Waals surface area contributed by atoms with Crippen molar-refractivity contribution in [2.45, 2.75) is 270 Å². The highest BCUT2D eigenvalue weighted by molar-refractivity contribution is 5.75. The van der Waals surface area contributed by atoms with Crippen molar-refractivity contribution in [3.05, 3.63) is 0 Å². The molecule has 0 bridgehead atoms. The summed E-state index contributed by atoms with van der Waals surface area (Å²) in [6, 6.07) is 0. The molecule has 0 radical (unpaired) electrons. The van der Waals surface area contributed by atoms with E-state index in [2.05, 4.69) is 35.3 Å². The Bertz CT molecular complexity index is 737. The monoisotopic (exact) mass is 717 g/mol. The maximum Gasteiger partial charge on any atom is 0.220 e. The van der Waals surface area contributed by atoms with Gasteiger partial charge in [0.05, 0.1) is 13.1 Å². The van der Waals surface area contributed by atoms with Gasteiger partial charge in [0, 0.05) is 12.8 Å². The van der Waals surface area contributed by atoms with E-state index >= 15 is 0 Å². The molecule has 4 heteroatoms. The first-order valence-electron chi connectivity index (χ1n) is 23.9. The first kappa shape index (κ1) is 48.1. The van der Waals surface area contributed by atoms with Crippen LogP contribution in [0.15, 0.2) is 0 Å². The molecule has 0 saturated heterocycles. The van der Waals surface area contributed by atoms with Gasteiger partial charge in [-0.25, -0.2) is 9.89 Å². The first-order chi connectivity index (χ1) is 25.3. The highest BCUT2D eigenvalue weighted by Crippen LogP contribution is 2.17. The summed E-state index contributed by atoms with van der Waals surface area (Å²) in [5.74, 6) is 0.244. The van der Waals surface area contributed by atoms with Gasteiger partial charge in [0.15, 0.2) is 12.8 Å². The Labute approximate surface area is 321 Å². The quantitative estimate of drug-likeness (QED) is 0.0488. The van der Waals surface area contributed by atoms with E-state index < -0.39 is 0 Å². The number of rotatable bonds is 42. The number of amides is 1. The highest BCUT2D eigenvalue weighted by atomic mass is 16.1. The first-order valence-corrected chi connectivity index (χ1v) is 23.9. The third kappa shape index (κ3) is 34.6. The van der Waals surface area contributed by atoms with Crippen LogP contribution in [0.25, 0.3) is 0 Å². The predicted molar refractivity (Wildman–Crippen MR) is 227 cm³/mol. The summed E-state index contributed by atoms with van der Waals surface area (Å²) >= 11 is 0. The molecule has 1 atom stereocenters. The fraction of sp³-hybridized carbons (Fsp3) is 0.957. The molecule has 51 heavy (non-hydrogen) atoms. The molecule has 1 rings (SSSR count). The molecule has 1 unspecified atom stereocenters. The van der Waals surface area contributed by atoms with E-state index in [0.717, 1.165) is 26.1 Å². The summed E-state index contributed by atoms with van der Waals surface area (Å²) in [4.78, 5) is 12.4. The fourth-order valence-corrected chi connectivity index (χ4v) is 8.08. The summed E-state index contributed by atoms with van der Waals surface area (Å²) < 4.78 is 2.44. The number of nitrogens with one attached hydrogen (secondary N) is 2. The smallest absolute Gasteiger partial charge is 0.220 e. The molecule has 0 aromatic heterocycles. The van der Waals surface area contributed by atoms with Crippen LogP contribution in [0.4, 0.5) is 0 Å². The minimum absolute atomic E-state index is 0.244. The Morgan fingerprint density at radius 1 is 0.490 bits per heavy atom. The zero-order valence-electron chi connectivity index (χ0n) is 35.2. The van der Waals surface area contributed by atoms with Crippen molar-refractivity contribution in [1.29, 1.82) is 0 Å². The van der Waals surface area contributed by atoms with Crippen molar-refractivity contribution in [3.8, 4) is 0 Å². The zero-order chi connectivity index (χ0) is 36.6. The summed E-state index contributed by atoms with van der Waals surface area (Å²) in [7, 11) is 0. The molecule has 4 nitrogen and oxygen atoms in total. The number of hydrogen-bond donors (Lipinski definition) is 2. The van der Waals surface area contributed by atoms with Gasteiger partial charge in [-0.05, 0) is 12.8 Å². The maximum absolute atomic E-state index is 12.4. The Kier molecular flexibility index (Phi) is 38.0. The van der Waals surface area contributed by atoms with E-state index in [0.29, 0.717) is 12.6 Å². The van der Waals surface area contributed by atoms with Gasteiger partial charge >= 0.3 is 0 Å². The fourth-order valence-electron chi connectivity index (χ4n) is 8.08. The third-order valence-corrected chi connectivity index (χ3v) is 11.6. The zero-order valence-corrected chi connectivity index (χ0v) is 35.2. The van der Waals surface area contributed by atoms with Gasteiger partial charge in [0.2, 0.25) is 12.1 Å². The van der Waals surface area contributed by atoms with Gasteiger partial charge in [-0.1, -0.05) is 239 Å². The van der Waals surface area contributed by atoms with Crippen molar-refractivity contribution in [2.24, 2.45) is 0 Å². The van der Waals surface area contributed by atoms with Crippen LogP contribution in [0.5, 0.6) is 0 Å². The lowest BCUT2D eigenvalue weighted by Crippen LogP contribution is -2.37. The van der Waals surface area contributed by atoms with E-state index in [4.69, 9.17) is 0 Å². The van der Waals surface area contributed by atoms with E-state index in [1.54, 1.807) is 0 Å². The average molecular weight is 717 g/mol. The normalized spacial score (nSPS) is 14.4. The molecule has 0 fully saturated rings. The van der Waals surface area contributed by atoms with Crippen LogP contribution in [0, 0.1) is 0 Å². The molecule has 0 spiro atoms. The van der Waals surface area contributed by atoms with E-state index in [-0.39, 0.29) is 5.91 Å². The number of carbonyl (C=O) groups is 1. The largest absolute Gasteiger partial charge is 0.350 e.